The number of hydrogen-bond acceptors (Lipinski definition) is 4. The number of hydrogen-bond donors (Lipinski definition) is 1. The highest BCUT2D eigenvalue weighted by molar-refractivity contribution is 5.39. The smallest absolute Gasteiger partial charge is 0.152 e. The maximum Gasteiger partial charge on any atom is 0.152 e. The second-order valence-corrected chi connectivity index (χ2v) is 2.12. The van der Waals surface area contributed by atoms with Gasteiger partial charge in [-0.15, -0.1) is 0 Å². The number of nitrogens with zero attached hydrogens (tertiary/aromatic N) is 5. The first-order chi connectivity index (χ1) is 6.33. The van der Waals surface area contributed by atoms with Crippen LogP contribution in [0.3, 0.4) is 0 Å². The highest BCUT2D eigenvalue weighted by atomic mass is 16.3. The van der Waals surface area contributed by atoms with Crippen molar-refractivity contribution in [2.24, 2.45) is 5.11 Å². The average molecular weight is 177 g/mol. The second kappa shape index (κ2) is 4.74. The van der Waals surface area contributed by atoms with E-state index >= 15 is 0 Å². The summed E-state index contributed by atoms with van der Waals surface area (Å²) in [4.78, 5) is 10.2. The highest BCUT2D eigenvalue weighted by Gasteiger charge is 1.89. The van der Waals surface area contributed by atoms with Crippen LogP contribution in [-0.4, -0.2) is 21.6 Å². The predicted molar refractivity (Wildman–Crippen MR) is 46.7 cm³/mol. The lowest BCUT2D eigenvalue weighted by Gasteiger charge is -1.90. The second-order valence-electron chi connectivity index (χ2n) is 2.12. The van der Waals surface area contributed by atoms with Crippen LogP contribution in [0.4, 0.5) is 0 Å². The van der Waals surface area contributed by atoms with Crippen molar-refractivity contribution in [3.8, 4) is 5.75 Å². The lowest BCUT2D eigenvalue weighted by Crippen LogP contribution is -1.84. The minimum absolute atomic E-state index is 0.0206. The third-order valence-corrected chi connectivity index (χ3v) is 1.18. The zero-order valence-corrected chi connectivity index (χ0v) is 6.70. The van der Waals surface area contributed by atoms with E-state index in [9.17, 15) is 0 Å². The van der Waals surface area contributed by atoms with Gasteiger partial charge in [0.25, 0.3) is 0 Å². The van der Waals surface area contributed by atoms with Gasteiger partial charge >= 0.3 is 0 Å². The number of azide groups is 1. The average Bonchev–Trinajstić information content (AvgIpc) is 2.15. The Hall–Kier alpha value is -2.07. The molecule has 0 amide bonds. The molecule has 1 aromatic heterocycles. The topological polar surface area (TPSA) is 94.8 Å². The molecular weight excluding hydrogens is 170 g/mol. The molecule has 1 rings (SSSR count). The zero-order chi connectivity index (χ0) is 9.52. The summed E-state index contributed by atoms with van der Waals surface area (Å²) >= 11 is 0. The normalized spacial score (nSPS) is 9.85. The van der Waals surface area contributed by atoms with E-state index in [4.69, 9.17) is 10.6 Å². The Bertz CT molecular complexity index is 338. The summed E-state index contributed by atoms with van der Waals surface area (Å²) in [6.45, 7) is 0.265. The third kappa shape index (κ3) is 3.22. The molecule has 6 nitrogen and oxygen atoms in total. The largest absolute Gasteiger partial charge is 0.505 e. The van der Waals surface area contributed by atoms with Gasteiger partial charge in [0, 0.05) is 11.5 Å². The molecule has 1 heterocycles. The Morgan fingerprint density at radius 2 is 2.23 bits per heavy atom. The molecular formula is C7H7N5O. The first kappa shape index (κ1) is 9.02. The molecule has 0 unspecified atom stereocenters. The van der Waals surface area contributed by atoms with Crippen molar-refractivity contribution in [3.63, 3.8) is 0 Å². The van der Waals surface area contributed by atoms with E-state index in [1.165, 1.54) is 12.4 Å². The Morgan fingerprint density at radius 1 is 1.54 bits per heavy atom. The van der Waals surface area contributed by atoms with Crippen LogP contribution >= 0.6 is 0 Å². The molecule has 0 aliphatic heterocycles. The van der Waals surface area contributed by atoms with E-state index < -0.39 is 0 Å². The van der Waals surface area contributed by atoms with Gasteiger partial charge in [0.1, 0.15) is 0 Å². The zero-order valence-electron chi connectivity index (χ0n) is 6.70. The van der Waals surface area contributed by atoms with Crippen molar-refractivity contribution in [2.45, 2.75) is 0 Å². The molecule has 6 heteroatoms. The van der Waals surface area contributed by atoms with E-state index in [0.717, 1.165) is 0 Å². The Morgan fingerprint density at radius 3 is 2.85 bits per heavy atom. The minimum atomic E-state index is 0.0206. The van der Waals surface area contributed by atoms with E-state index in [2.05, 4.69) is 20.0 Å². The maximum atomic E-state index is 8.85. The van der Waals surface area contributed by atoms with Gasteiger partial charge in [-0.3, -0.25) is 0 Å². The first-order valence-electron chi connectivity index (χ1n) is 3.51. The van der Waals surface area contributed by atoms with Crippen molar-refractivity contribution in [1.82, 2.24) is 9.97 Å². The van der Waals surface area contributed by atoms with Crippen LogP contribution in [0, 0.1) is 0 Å². The van der Waals surface area contributed by atoms with Gasteiger partial charge in [0.2, 0.25) is 0 Å². The standard InChI is InChI=1S/C7H7N5O/c8-12-11-3-1-2-7-9-4-6(13)5-10-7/h1-2,4-5,13H,3H2. The van der Waals surface area contributed by atoms with E-state index in [1.807, 2.05) is 0 Å². The summed E-state index contributed by atoms with van der Waals surface area (Å²) in [6.07, 6.45) is 5.82. The predicted octanol–water partition coefficient (Wildman–Crippen LogP) is 1.51. The lowest BCUT2D eigenvalue weighted by atomic mass is 10.4. The van der Waals surface area contributed by atoms with Crippen LogP contribution in [0.15, 0.2) is 23.6 Å². The summed E-state index contributed by atoms with van der Waals surface area (Å²) in [5.41, 5.74) is 7.96. The molecule has 1 aromatic rings. The van der Waals surface area contributed by atoms with Crippen molar-refractivity contribution in [2.75, 3.05) is 6.54 Å². The number of aromatic hydroxyl groups is 1. The van der Waals surface area contributed by atoms with Gasteiger partial charge < -0.3 is 5.11 Å². The fraction of sp³-hybridized carbons (Fsp3) is 0.143. The Labute approximate surface area is 74.2 Å². The molecule has 0 fully saturated rings. The van der Waals surface area contributed by atoms with Crippen molar-refractivity contribution in [3.05, 3.63) is 34.7 Å². The third-order valence-electron chi connectivity index (χ3n) is 1.18. The quantitative estimate of drug-likeness (QED) is 0.430. The van der Waals surface area contributed by atoms with Crippen molar-refractivity contribution < 1.29 is 5.11 Å². The molecule has 0 saturated heterocycles. The number of aromatic nitrogens is 2. The molecule has 66 valence electrons. The summed E-state index contributed by atoms with van der Waals surface area (Å²) in [6, 6.07) is 0. The number of rotatable bonds is 3. The summed E-state index contributed by atoms with van der Waals surface area (Å²) < 4.78 is 0. The molecule has 0 aromatic carbocycles. The molecule has 0 saturated carbocycles. The molecule has 0 bridgehead atoms. The molecule has 0 aliphatic rings. The Kier molecular flexibility index (Phi) is 3.29. The van der Waals surface area contributed by atoms with Crippen LogP contribution in [-0.2, 0) is 0 Å². The van der Waals surface area contributed by atoms with E-state index in [0.29, 0.717) is 5.82 Å². The molecule has 1 N–H and O–H groups in total. The van der Waals surface area contributed by atoms with Gasteiger partial charge in [-0.25, -0.2) is 9.97 Å². The van der Waals surface area contributed by atoms with Crippen LogP contribution in [0.2, 0.25) is 0 Å². The summed E-state index contributed by atoms with van der Waals surface area (Å²) in [5.74, 6) is 0.484. The van der Waals surface area contributed by atoms with Gasteiger partial charge in [-0.1, -0.05) is 11.2 Å². The van der Waals surface area contributed by atoms with Crippen molar-refractivity contribution in [1.29, 1.82) is 0 Å². The van der Waals surface area contributed by atoms with Crippen LogP contribution in [0.25, 0.3) is 16.5 Å². The lowest BCUT2D eigenvalue weighted by molar-refractivity contribution is 0.469. The fourth-order valence-corrected chi connectivity index (χ4v) is 0.659. The maximum absolute atomic E-state index is 8.85. The van der Waals surface area contributed by atoms with Gasteiger partial charge in [-0.05, 0) is 11.6 Å². The molecule has 0 atom stereocenters. The van der Waals surface area contributed by atoms with Crippen LogP contribution < -0.4 is 0 Å². The molecule has 0 spiro atoms. The van der Waals surface area contributed by atoms with Crippen LogP contribution in [0.1, 0.15) is 5.82 Å². The van der Waals surface area contributed by atoms with Gasteiger partial charge in [0.05, 0.1) is 12.4 Å². The first-order valence-corrected chi connectivity index (χ1v) is 3.51. The minimum Gasteiger partial charge on any atom is -0.505 e. The van der Waals surface area contributed by atoms with E-state index in [1.54, 1.807) is 12.2 Å². The monoisotopic (exact) mass is 177 g/mol. The van der Waals surface area contributed by atoms with Gasteiger partial charge in [-0.2, -0.15) is 0 Å². The van der Waals surface area contributed by atoms with Crippen LogP contribution in [0.5, 0.6) is 5.75 Å². The molecule has 13 heavy (non-hydrogen) atoms. The highest BCUT2D eigenvalue weighted by Crippen LogP contribution is 2.02. The molecule has 0 radical (unpaired) electrons. The van der Waals surface area contributed by atoms with Gasteiger partial charge in [0.15, 0.2) is 11.6 Å². The fourth-order valence-electron chi connectivity index (χ4n) is 0.659. The Balaban J connectivity index is 2.58. The summed E-state index contributed by atoms with van der Waals surface area (Å²) in [5, 5.41) is 12.1. The van der Waals surface area contributed by atoms with Crippen molar-refractivity contribution >= 4 is 6.08 Å². The molecule has 0 aliphatic carbocycles. The summed E-state index contributed by atoms with van der Waals surface area (Å²) in [7, 11) is 0. The SMILES string of the molecule is [N-]=[N+]=NCC=Cc1ncc(O)cn1. The van der Waals surface area contributed by atoms with E-state index in [-0.39, 0.29) is 12.3 Å².